The lowest BCUT2D eigenvalue weighted by Crippen LogP contribution is -2.00. The third-order valence-electron chi connectivity index (χ3n) is 4.08. The molecular formula is C16H16N2. The van der Waals surface area contributed by atoms with Crippen molar-refractivity contribution >= 4 is 10.9 Å². The van der Waals surface area contributed by atoms with Gasteiger partial charge in [-0.15, -0.1) is 0 Å². The Bertz CT molecular complexity index is 678. The molecule has 90 valence electrons. The van der Waals surface area contributed by atoms with Gasteiger partial charge < -0.3 is 0 Å². The summed E-state index contributed by atoms with van der Waals surface area (Å²) < 4.78 is 0. The van der Waals surface area contributed by atoms with Gasteiger partial charge >= 0.3 is 0 Å². The van der Waals surface area contributed by atoms with E-state index in [0.29, 0.717) is 6.42 Å². The minimum absolute atomic E-state index is 0.504. The van der Waals surface area contributed by atoms with Crippen LogP contribution in [0.15, 0.2) is 12.1 Å². The lowest BCUT2D eigenvalue weighted by molar-refractivity contribution is 0.899. The fraction of sp³-hybridized carbons (Fsp3) is 0.375. The Morgan fingerprint density at radius 2 is 2.11 bits per heavy atom. The van der Waals surface area contributed by atoms with E-state index in [1.54, 1.807) is 0 Å². The Morgan fingerprint density at radius 1 is 1.28 bits per heavy atom. The summed E-state index contributed by atoms with van der Waals surface area (Å²) in [6, 6.07) is 6.59. The molecule has 1 aromatic heterocycles. The minimum atomic E-state index is 0.504. The Labute approximate surface area is 107 Å². The molecule has 2 heteroatoms. The van der Waals surface area contributed by atoms with Crippen molar-refractivity contribution in [2.24, 2.45) is 0 Å². The normalized spacial score (nSPS) is 13.6. The van der Waals surface area contributed by atoms with Crippen LogP contribution in [0.5, 0.6) is 0 Å². The van der Waals surface area contributed by atoms with Crippen molar-refractivity contribution in [3.8, 4) is 6.07 Å². The lowest BCUT2D eigenvalue weighted by Gasteiger charge is -2.12. The average molecular weight is 236 g/mol. The van der Waals surface area contributed by atoms with Crippen LogP contribution in [0.3, 0.4) is 0 Å². The zero-order chi connectivity index (χ0) is 12.7. The molecule has 1 aliphatic rings. The van der Waals surface area contributed by atoms with Crippen molar-refractivity contribution in [1.82, 2.24) is 4.98 Å². The topological polar surface area (TPSA) is 36.7 Å². The van der Waals surface area contributed by atoms with Crippen LogP contribution in [-0.2, 0) is 19.3 Å². The van der Waals surface area contributed by atoms with Gasteiger partial charge in [0.15, 0.2) is 0 Å². The average Bonchev–Trinajstić information content (AvgIpc) is 2.82. The smallest absolute Gasteiger partial charge is 0.0740 e. The molecular weight excluding hydrogens is 220 g/mol. The third kappa shape index (κ3) is 1.51. The Morgan fingerprint density at radius 3 is 2.89 bits per heavy atom. The van der Waals surface area contributed by atoms with Crippen LogP contribution in [-0.4, -0.2) is 4.98 Å². The monoisotopic (exact) mass is 236 g/mol. The summed E-state index contributed by atoms with van der Waals surface area (Å²) in [6.07, 6.45) is 3.83. The van der Waals surface area contributed by atoms with Crippen molar-refractivity contribution in [2.75, 3.05) is 0 Å². The van der Waals surface area contributed by atoms with Gasteiger partial charge in [0.05, 0.1) is 18.0 Å². The third-order valence-corrected chi connectivity index (χ3v) is 4.08. The first-order valence-electron chi connectivity index (χ1n) is 6.50. The van der Waals surface area contributed by atoms with Crippen LogP contribution in [0, 0.1) is 25.2 Å². The van der Waals surface area contributed by atoms with Gasteiger partial charge in [0.25, 0.3) is 0 Å². The van der Waals surface area contributed by atoms with E-state index in [1.165, 1.54) is 39.8 Å². The fourth-order valence-corrected chi connectivity index (χ4v) is 2.94. The van der Waals surface area contributed by atoms with E-state index in [-0.39, 0.29) is 0 Å². The molecule has 2 aromatic rings. The molecule has 0 aliphatic heterocycles. The van der Waals surface area contributed by atoms with Crippen molar-refractivity contribution < 1.29 is 0 Å². The molecule has 0 unspecified atom stereocenters. The van der Waals surface area contributed by atoms with Crippen LogP contribution in [0.2, 0.25) is 0 Å². The number of pyridine rings is 1. The highest BCUT2D eigenvalue weighted by Gasteiger charge is 2.20. The van der Waals surface area contributed by atoms with Crippen LogP contribution in [0.4, 0.5) is 0 Å². The van der Waals surface area contributed by atoms with Crippen LogP contribution in [0.25, 0.3) is 10.9 Å². The number of aromatic nitrogens is 1. The summed E-state index contributed by atoms with van der Waals surface area (Å²) >= 11 is 0. The van der Waals surface area contributed by atoms with Crippen molar-refractivity contribution in [3.63, 3.8) is 0 Å². The zero-order valence-electron chi connectivity index (χ0n) is 10.9. The van der Waals surface area contributed by atoms with Gasteiger partial charge in [0, 0.05) is 11.1 Å². The van der Waals surface area contributed by atoms with Gasteiger partial charge in [-0.25, -0.2) is 0 Å². The molecule has 0 spiro atoms. The second kappa shape index (κ2) is 4.10. The van der Waals surface area contributed by atoms with E-state index in [9.17, 15) is 0 Å². The number of nitrogens with zero attached hydrogens (tertiary/aromatic N) is 2. The molecule has 0 amide bonds. The van der Waals surface area contributed by atoms with E-state index < -0.39 is 0 Å². The SMILES string of the molecule is Cc1ccc2c(CC#N)c3c(nc2c1C)CCC3. The number of fused-ring (bicyclic) bond motifs is 2. The maximum absolute atomic E-state index is 9.06. The van der Waals surface area contributed by atoms with E-state index in [4.69, 9.17) is 10.2 Å². The summed E-state index contributed by atoms with van der Waals surface area (Å²) in [4.78, 5) is 4.85. The van der Waals surface area contributed by atoms with Gasteiger partial charge in [-0.2, -0.15) is 5.26 Å². The molecule has 0 atom stereocenters. The number of rotatable bonds is 1. The van der Waals surface area contributed by atoms with Gasteiger partial charge in [-0.1, -0.05) is 12.1 Å². The number of nitriles is 1. The molecule has 3 rings (SSSR count). The minimum Gasteiger partial charge on any atom is -0.252 e. The number of hydrogen-bond donors (Lipinski definition) is 0. The molecule has 18 heavy (non-hydrogen) atoms. The van der Waals surface area contributed by atoms with Crippen molar-refractivity contribution in [1.29, 1.82) is 5.26 Å². The molecule has 1 heterocycles. The fourth-order valence-electron chi connectivity index (χ4n) is 2.94. The molecule has 0 radical (unpaired) electrons. The number of benzene rings is 1. The zero-order valence-corrected chi connectivity index (χ0v) is 10.9. The maximum atomic E-state index is 9.06. The van der Waals surface area contributed by atoms with E-state index in [2.05, 4.69) is 32.0 Å². The van der Waals surface area contributed by atoms with E-state index in [1.807, 2.05) is 0 Å². The van der Waals surface area contributed by atoms with Gasteiger partial charge in [0.2, 0.25) is 0 Å². The quantitative estimate of drug-likeness (QED) is 0.760. The van der Waals surface area contributed by atoms with Gasteiger partial charge in [0.1, 0.15) is 0 Å². The van der Waals surface area contributed by atoms with Crippen LogP contribution < -0.4 is 0 Å². The summed E-state index contributed by atoms with van der Waals surface area (Å²) in [5.74, 6) is 0. The van der Waals surface area contributed by atoms with Crippen LogP contribution in [0.1, 0.15) is 34.4 Å². The highest BCUT2D eigenvalue weighted by molar-refractivity contribution is 5.87. The van der Waals surface area contributed by atoms with Crippen molar-refractivity contribution in [2.45, 2.75) is 39.5 Å². The first-order valence-corrected chi connectivity index (χ1v) is 6.50. The molecule has 0 saturated heterocycles. The molecule has 0 N–H and O–H groups in total. The Hall–Kier alpha value is -1.88. The van der Waals surface area contributed by atoms with E-state index >= 15 is 0 Å². The Kier molecular flexibility index (Phi) is 2.56. The highest BCUT2D eigenvalue weighted by atomic mass is 14.7. The summed E-state index contributed by atoms with van der Waals surface area (Å²) in [5, 5.41) is 10.2. The lowest BCUT2D eigenvalue weighted by atomic mass is 9.96. The van der Waals surface area contributed by atoms with E-state index in [0.717, 1.165) is 18.4 Å². The first-order chi connectivity index (χ1) is 8.72. The summed E-state index contributed by atoms with van der Waals surface area (Å²) in [7, 11) is 0. The van der Waals surface area contributed by atoms with Gasteiger partial charge in [-0.05, 0) is 55.4 Å². The van der Waals surface area contributed by atoms with Gasteiger partial charge in [-0.3, -0.25) is 4.98 Å². The molecule has 0 bridgehead atoms. The largest absolute Gasteiger partial charge is 0.252 e. The standard InChI is InChI=1S/C16H16N2/c1-10-6-7-14-12(8-9-17)13-4-3-5-15(13)18-16(14)11(10)2/h6-7H,3-5,8H2,1-2H3. The molecule has 1 aliphatic carbocycles. The molecule has 0 fully saturated rings. The Balaban J connectivity index is 2.42. The molecule has 0 saturated carbocycles. The predicted octanol–water partition coefficient (Wildman–Crippen LogP) is 3.41. The van der Waals surface area contributed by atoms with Crippen LogP contribution >= 0.6 is 0 Å². The first kappa shape index (κ1) is 11.2. The second-order valence-corrected chi connectivity index (χ2v) is 5.11. The molecule has 1 aromatic carbocycles. The summed E-state index contributed by atoms with van der Waals surface area (Å²) in [6.45, 7) is 4.25. The highest BCUT2D eigenvalue weighted by Crippen LogP contribution is 2.32. The predicted molar refractivity (Wildman–Crippen MR) is 72.6 cm³/mol. The number of aryl methyl sites for hydroxylation is 3. The maximum Gasteiger partial charge on any atom is 0.0740 e. The summed E-state index contributed by atoms with van der Waals surface area (Å²) in [5.41, 5.74) is 7.41. The molecule has 2 nitrogen and oxygen atoms in total. The second-order valence-electron chi connectivity index (χ2n) is 5.11. The number of hydrogen-bond acceptors (Lipinski definition) is 2. The van der Waals surface area contributed by atoms with Crippen molar-refractivity contribution in [3.05, 3.63) is 40.1 Å².